The van der Waals surface area contributed by atoms with Crippen molar-refractivity contribution in [2.45, 2.75) is 24.7 Å². The van der Waals surface area contributed by atoms with Gasteiger partial charge in [-0.2, -0.15) is 0 Å². The molecule has 1 fully saturated rings. The molecule has 1 aliphatic rings. The van der Waals surface area contributed by atoms with Crippen molar-refractivity contribution in [3.8, 4) is 0 Å². The van der Waals surface area contributed by atoms with Gasteiger partial charge in [0.1, 0.15) is 11.5 Å². The molecule has 0 bridgehead atoms. The fourth-order valence-corrected chi connectivity index (χ4v) is 3.53. The van der Waals surface area contributed by atoms with Crippen LogP contribution in [0.5, 0.6) is 0 Å². The van der Waals surface area contributed by atoms with Gasteiger partial charge in [-0.25, -0.2) is 4.39 Å². The number of rotatable bonds is 4. The largest absolute Gasteiger partial charge is 0.351 e. The number of aromatic amines is 1. The Morgan fingerprint density at radius 2 is 1.92 bits per heavy atom. The van der Waals surface area contributed by atoms with E-state index in [-0.39, 0.29) is 17.1 Å². The highest BCUT2D eigenvalue weighted by Crippen LogP contribution is 2.43. The summed E-state index contributed by atoms with van der Waals surface area (Å²) in [5, 5.41) is 3.76. The van der Waals surface area contributed by atoms with E-state index in [9.17, 15) is 9.18 Å². The minimum Gasteiger partial charge on any atom is -0.351 e. The highest BCUT2D eigenvalue weighted by molar-refractivity contribution is 5.98. The van der Waals surface area contributed by atoms with Gasteiger partial charge >= 0.3 is 0 Å². The van der Waals surface area contributed by atoms with E-state index in [1.807, 2.05) is 18.2 Å². The van der Waals surface area contributed by atoms with Gasteiger partial charge in [0.15, 0.2) is 0 Å². The third kappa shape index (κ3) is 2.58. The number of benzene rings is 2. The summed E-state index contributed by atoms with van der Waals surface area (Å²) in [6.07, 6.45) is 3.38. The first kappa shape index (κ1) is 14.9. The van der Waals surface area contributed by atoms with E-state index < -0.39 is 0 Å². The summed E-state index contributed by atoms with van der Waals surface area (Å²) < 4.78 is 13.3. The summed E-state index contributed by atoms with van der Waals surface area (Å²) in [6, 6.07) is 16.5. The number of aromatic nitrogens is 1. The lowest BCUT2D eigenvalue weighted by Crippen LogP contribution is -2.45. The van der Waals surface area contributed by atoms with Crippen LogP contribution in [0.1, 0.15) is 35.3 Å². The number of hydrogen-bond donors (Lipinski definition) is 2. The predicted molar refractivity (Wildman–Crippen MR) is 92.6 cm³/mol. The lowest BCUT2D eigenvalue weighted by Gasteiger charge is -2.42. The van der Waals surface area contributed by atoms with Gasteiger partial charge in [-0.05, 0) is 42.7 Å². The molecule has 122 valence electrons. The summed E-state index contributed by atoms with van der Waals surface area (Å²) in [5.41, 5.74) is 2.58. The van der Waals surface area contributed by atoms with Crippen molar-refractivity contribution in [2.75, 3.05) is 6.54 Å². The Hall–Kier alpha value is -2.62. The second-order valence-electron chi connectivity index (χ2n) is 6.60. The highest BCUT2D eigenvalue weighted by atomic mass is 19.1. The zero-order valence-electron chi connectivity index (χ0n) is 13.3. The number of halogens is 1. The molecule has 4 heteroatoms. The normalized spacial score (nSPS) is 15.9. The molecule has 3 nitrogen and oxygen atoms in total. The van der Waals surface area contributed by atoms with Gasteiger partial charge < -0.3 is 10.3 Å². The molecule has 1 heterocycles. The maximum atomic E-state index is 13.3. The maximum absolute atomic E-state index is 13.3. The van der Waals surface area contributed by atoms with Crippen molar-refractivity contribution < 1.29 is 9.18 Å². The monoisotopic (exact) mass is 322 g/mol. The summed E-state index contributed by atoms with van der Waals surface area (Å²) in [7, 11) is 0. The van der Waals surface area contributed by atoms with Crippen LogP contribution in [0.25, 0.3) is 10.9 Å². The number of H-pyrrole nitrogens is 1. The van der Waals surface area contributed by atoms with Gasteiger partial charge in [-0.15, -0.1) is 0 Å². The van der Waals surface area contributed by atoms with Gasteiger partial charge in [-0.3, -0.25) is 4.79 Å². The quantitative estimate of drug-likeness (QED) is 0.744. The average Bonchev–Trinajstić information content (AvgIpc) is 2.98. The van der Waals surface area contributed by atoms with Crippen LogP contribution in [0.15, 0.2) is 54.6 Å². The number of carbonyl (C=O) groups is 1. The van der Waals surface area contributed by atoms with E-state index in [0.717, 1.165) is 18.4 Å². The Morgan fingerprint density at radius 3 is 2.62 bits per heavy atom. The van der Waals surface area contributed by atoms with Crippen LogP contribution >= 0.6 is 0 Å². The molecule has 4 rings (SSSR count). The molecule has 0 saturated heterocycles. The molecule has 1 aromatic heterocycles. The Labute approximate surface area is 139 Å². The topological polar surface area (TPSA) is 44.9 Å². The van der Waals surface area contributed by atoms with Gasteiger partial charge in [0.05, 0.1) is 0 Å². The summed E-state index contributed by atoms with van der Waals surface area (Å²) in [6.45, 7) is 0.625. The van der Waals surface area contributed by atoms with Crippen molar-refractivity contribution in [3.05, 3.63) is 71.7 Å². The summed E-state index contributed by atoms with van der Waals surface area (Å²) in [5.74, 6) is -0.445. The smallest absolute Gasteiger partial charge is 0.267 e. The second kappa shape index (κ2) is 5.78. The van der Waals surface area contributed by atoms with Crippen molar-refractivity contribution in [3.63, 3.8) is 0 Å². The standard InChI is InChI=1S/C20H19FN2O/c21-16-7-8-17-14(11-16)12-18(23-17)19(24)22-13-20(9-4-10-20)15-5-2-1-3-6-15/h1-3,5-8,11-12,23H,4,9-10,13H2,(H,22,24). The number of amides is 1. The van der Waals surface area contributed by atoms with Crippen LogP contribution in [0.3, 0.4) is 0 Å². The molecule has 2 aromatic carbocycles. The van der Waals surface area contributed by atoms with E-state index in [1.165, 1.54) is 24.1 Å². The maximum Gasteiger partial charge on any atom is 0.267 e. The van der Waals surface area contributed by atoms with Gasteiger partial charge in [-0.1, -0.05) is 36.8 Å². The molecule has 0 aliphatic heterocycles. The fourth-order valence-electron chi connectivity index (χ4n) is 3.53. The lowest BCUT2D eigenvalue weighted by atomic mass is 9.64. The Balaban J connectivity index is 1.51. The first-order chi connectivity index (χ1) is 11.7. The average molecular weight is 322 g/mol. The van der Waals surface area contributed by atoms with E-state index in [4.69, 9.17) is 0 Å². The number of hydrogen-bond acceptors (Lipinski definition) is 1. The SMILES string of the molecule is O=C(NCC1(c2ccccc2)CCC1)c1cc2cc(F)ccc2[nH]1. The molecule has 0 unspecified atom stereocenters. The summed E-state index contributed by atoms with van der Waals surface area (Å²) >= 11 is 0. The van der Waals surface area contributed by atoms with E-state index >= 15 is 0 Å². The van der Waals surface area contributed by atoms with Crippen LogP contribution in [0.4, 0.5) is 4.39 Å². The molecular weight excluding hydrogens is 303 g/mol. The zero-order chi connectivity index (χ0) is 16.6. The Kier molecular flexibility index (Phi) is 3.60. The molecule has 24 heavy (non-hydrogen) atoms. The lowest BCUT2D eigenvalue weighted by molar-refractivity contribution is 0.0923. The predicted octanol–water partition coefficient (Wildman–Crippen LogP) is 4.16. The first-order valence-corrected chi connectivity index (χ1v) is 8.28. The van der Waals surface area contributed by atoms with Crippen LogP contribution < -0.4 is 5.32 Å². The first-order valence-electron chi connectivity index (χ1n) is 8.28. The van der Waals surface area contributed by atoms with Gasteiger partial charge in [0.2, 0.25) is 0 Å². The third-order valence-electron chi connectivity index (χ3n) is 5.11. The van der Waals surface area contributed by atoms with Crippen LogP contribution in [0, 0.1) is 5.82 Å². The molecule has 0 atom stereocenters. The third-order valence-corrected chi connectivity index (χ3v) is 5.11. The van der Waals surface area contributed by atoms with E-state index in [2.05, 4.69) is 22.4 Å². The number of fused-ring (bicyclic) bond motifs is 1. The van der Waals surface area contributed by atoms with Gasteiger partial charge in [0, 0.05) is 22.9 Å². The Morgan fingerprint density at radius 1 is 1.12 bits per heavy atom. The minimum absolute atomic E-state index is 0.0506. The number of nitrogens with one attached hydrogen (secondary N) is 2. The van der Waals surface area contributed by atoms with E-state index in [1.54, 1.807) is 12.1 Å². The minimum atomic E-state index is -0.300. The van der Waals surface area contributed by atoms with Crippen molar-refractivity contribution in [1.29, 1.82) is 0 Å². The van der Waals surface area contributed by atoms with Crippen LogP contribution in [-0.2, 0) is 5.41 Å². The van der Waals surface area contributed by atoms with Crippen molar-refractivity contribution in [1.82, 2.24) is 10.3 Å². The van der Waals surface area contributed by atoms with Crippen LogP contribution in [0.2, 0.25) is 0 Å². The zero-order valence-corrected chi connectivity index (χ0v) is 13.3. The molecule has 0 radical (unpaired) electrons. The molecule has 2 N–H and O–H groups in total. The van der Waals surface area contributed by atoms with Crippen molar-refractivity contribution in [2.24, 2.45) is 0 Å². The molecule has 1 aliphatic carbocycles. The van der Waals surface area contributed by atoms with Gasteiger partial charge in [0.25, 0.3) is 5.91 Å². The van der Waals surface area contributed by atoms with E-state index in [0.29, 0.717) is 17.6 Å². The molecule has 3 aromatic rings. The van der Waals surface area contributed by atoms with Crippen molar-refractivity contribution >= 4 is 16.8 Å². The molecule has 1 saturated carbocycles. The molecule has 0 spiro atoms. The number of carbonyl (C=O) groups excluding carboxylic acids is 1. The second-order valence-corrected chi connectivity index (χ2v) is 6.60. The fraction of sp³-hybridized carbons (Fsp3) is 0.250. The highest BCUT2D eigenvalue weighted by Gasteiger charge is 2.38. The summed E-state index contributed by atoms with van der Waals surface area (Å²) in [4.78, 5) is 15.5. The molecule has 1 amide bonds. The Bertz CT molecular complexity index is 881. The molecular formula is C20H19FN2O. The van der Waals surface area contributed by atoms with Crippen LogP contribution in [-0.4, -0.2) is 17.4 Å².